The van der Waals surface area contributed by atoms with E-state index >= 15 is 0 Å². The molecule has 3 heteroatoms. The first-order valence-corrected chi connectivity index (χ1v) is 4.36. The van der Waals surface area contributed by atoms with Crippen molar-refractivity contribution in [3.63, 3.8) is 0 Å². The predicted molar refractivity (Wildman–Crippen MR) is 36.8 cm³/mol. The van der Waals surface area contributed by atoms with Gasteiger partial charge >= 0.3 is 0 Å². The van der Waals surface area contributed by atoms with Crippen molar-refractivity contribution in [3.8, 4) is 0 Å². The fourth-order valence-corrected chi connectivity index (χ4v) is 1.00. The Kier molecular flexibility index (Phi) is 1.58. The van der Waals surface area contributed by atoms with Crippen molar-refractivity contribution in [2.24, 2.45) is 0 Å². The van der Waals surface area contributed by atoms with Crippen LogP contribution >= 0.6 is 0 Å². The number of hydrogen-bond donors (Lipinski definition) is 0. The van der Waals surface area contributed by atoms with Gasteiger partial charge in [0.1, 0.15) is 29.9 Å². The maximum Gasteiger partial charge on any atom is 0.142 e. The molecule has 0 bridgehead atoms. The summed E-state index contributed by atoms with van der Waals surface area (Å²) in [6, 6.07) is 0. The van der Waals surface area contributed by atoms with Crippen molar-refractivity contribution >= 4 is 11.1 Å². The predicted octanol–water partition coefficient (Wildman–Crippen LogP) is 0.524. The summed E-state index contributed by atoms with van der Waals surface area (Å²) in [5.41, 5.74) is 0. The average molecular weight is 129 g/mol. The zero-order valence-electron chi connectivity index (χ0n) is 5.03. The Balaban J connectivity index is 2.77. The molecular weight excluding hydrogens is 120 g/mol. The lowest BCUT2D eigenvalue weighted by Gasteiger charge is -1.90. The van der Waals surface area contributed by atoms with Gasteiger partial charge in [0.05, 0.1) is 6.20 Å². The quantitative estimate of drug-likeness (QED) is 0.506. The van der Waals surface area contributed by atoms with Crippen LogP contribution in [0.4, 0.5) is 0 Å². The summed E-state index contributed by atoms with van der Waals surface area (Å²) in [6.07, 6.45) is 9.92. The molecule has 0 atom stereocenters. The molecule has 0 saturated heterocycles. The average Bonchev–Trinajstić information content (AvgIpc) is 2.12. The van der Waals surface area contributed by atoms with Crippen LogP contribution in [0.15, 0.2) is 18.7 Å². The van der Waals surface area contributed by atoms with E-state index in [2.05, 4.69) is 21.5 Å². The highest BCUT2D eigenvalue weighted by Crippen LogP contribution is 1.90. The molecule has 0 amide bonds. The van der Waals surface area contributed by atoms with E-state index in [9.17, 15) is 0 Å². The van der Waals surface area contributed by atoms with Crippen molar-refractivity contribution in [3.05, 3.63) is 18.7 Å². The molecule has 2 nitrogen and oxygen atoms in total. The first kappa shape index (κ1) is 5.69. The van der Waals surface area contributed by atoms with Crippen LogP contribution in [-0.2, 0) is 11.1 Å². The molecular formula is C5H9N2S+. The molecule has 1 heterocycles. The van der Waals surface area contributed by atoms with Crippen LogP contribution in [0.3, 0.4) is 0 Å². The second-order valence-corrected chi connectivity index (χ2v) is 3.66. The Hall–Kier alpha value is -0.440. The lowest BCUT2D eigenvalue weighted by atomic mass is 11.0. The van der Waals surface area contributed by atoms with Crippen molar-refractivity contribution in [2.45, 2.75) is 0 Å². The summed E-state index contributed by atoms with van der Waals surface area (Å²) in [7, 11) is 0. The highest BCUT2D eigenvalue weighted by Gasteiger charge is 2.01. The molecule has 1 rings (SSSR count). The van der Waals surface area contributed by atoms with Gasteiger partial charge in [0, 0.05) is 6.20 Å². The molecule has 1 aromatic rings. The summed E-state index contributed by atoms with van der Waals surface area (Å²) >= 11 is 0.306. The molecule has 0 saturated carbocycles. The normalized spacial score (nSPS) is 10.4. The largest absolute Gasteiger partial charge is 0.240 e. The fourth-order valence-electron chi connectivity index (χ4n) is 0.463. The summed E-state index contributed by atoms with van der Waals surface area (Å²) < 4.78 is 2.08. The zero-order valence-corrected chi connectivity index (χ0v) is 5.85. The Morgan fingerprint density at radius 3 is 2.50 bits per heavy atom. The van der Waals surface area contributed by atoms with Crippen molar-refractivity contribution in [2.75, 3.05) is 12.5 Å². The molecule has 0 radical (unpaired) electrons. The van der Waals surface area contributed by atoms with Crippen LogP contribution in [0.1, 0.15) is 0 Å². The van der Waals surface area contributed by atoms with E-state index < -0.39 is 0 Å². The second-order valence-electron chi connectivity index (χ2n) is 1.70. The fraction of sp³-hybridized carbons (Fsp3) is 0.400. The molecule has 0 unspecified atom stereocenters. The minimum Gasteiger partial charge on any atom is -0.240 e. The Morgan fingerprint density at radius 1 is 1.50 bits per heavy atom. The topological polar surface area (TPSA) is 17.8 Å². The standard InChI is InChI=1S/C5H9N2S/c1-8(2)7-4-3-6-5-7/h3-5H,1-2H3/q+1. The van der Waals surface area contributed by atoms with E-state index in [-0.39, 0.29) is 0 Å². The third kappa shape index (κ3) is 1.04. The molecule has 0 fully saturated rings. The molecule has 0 aliphatic heterocycles. The minimum atomic E-state index is 0.306. The van der Waals surface area contributed by atoms with Crippen LogP contribution in [0, 0.1) is 0 Å². The van der Waals surface area contributed by atoms with E-state index in [1.54, 1.807) is 6.20 Å². The van der Waals surface area contributed by atoms with Gasteiger partial charge in [-0.2, -0.15) is 3.97 Å². The first-order valence-electron chi connectivity index (χ1n) is 2.37. The highest BCUT2D eigenvalue weighted by molar-refractivity contribution is 7.94. The molecule has 0 aromatic carbocycles. The second kappa shape index (κ2) is 2.22. The maximum absolute atomic E-state index is 3.91. The molecule has 0 spiro atoms. The minimum absolute atomic E-state index is 0.306. The first-order chi connectivity index (χ1) is 3.80. The van der Waals surface area contributed by atoms with E-state index in [4.69, 9.17) is 0 Å². The van der Waals surface area contributed by atoms with Gasteiger partial charge in [-0.05, 0) is 0 Å². The van der Waals surface area contributed by atoms with Crippen LogP contribution < -0.4 is 0 Å². The van der Waals surface area contributed by atoms with Crippen LogP contribution in [-0.4, -0.2) is 21.5 Å². The molecule has 0 aliphatic carbocycles. The van der Waals surface area contributed by atoms with Crippen molar-refractivity contribution in [1.29, 1.82) is 0 Å². The number of rotatable bonds is 1. The summed E-state index contributed by atoms with van der Waals surface area (Å²) in [5, 5.41) is 0. The summed E-state index contributed by atoms with van der Waals surface area (Å²) in [5.74, 6) is 0. The summed E-state index contributed by atoms with van der Waals surface area (Å²) in [6.45, 7) is 0. The number of hydrogen-bond acceptors (Lipinski definition) is 1. The van der Waals surface area contributed by atoms with Gasteiger partial charge in [0.15, 0.2) is 0 Å². The van der Waals surface area contributed by atoms with Gasteiger partial charge in [-0.15, -0.1) is 0 Å². The van der Waals surface area contributed by atoms with E-state index in [0.717, 1.165) is 0 Å². The van der Waals surface area contributed by atoms with Gasteiger partial charge in [-0.25, -0.2) is 4.98 Å². The highest BCUT2D eigenvalue weighted by atomic mass is 32.2. The molecule has 44 valence electrons. The monoisotopic (exact) mass is 129 g/mol. The lowest BCUT2D eigenvalue weighted by molar-refractivity contribution is 1.22. The number of imidazole rings is 1. The Morgan fingerprint density at radius 2 is 2.25 bits per heavy atom. The molecule has 0 aliphatic rings. The third-order valence-corrected chi connectivity index (χ3v) is 1.96. The smallest absolute Gasteiger partial charge is 0.142 e. The van der Waals surface area contributed by atoms with E-state index in [1.165, 1.54) is 0 Å². The number of aromatic nitrogens is 2. The molecule has 1 aromatic heterocycles. The van der Waals surface area contributed by atoms with Crippen molar-refractivity contribution in [1.82, 2.24) is 8.96 Å². The van der Waals surface area contributed by atoms with E-state index in [1.807, 2.05) is 12.5 Å². The Bertz CT molecular complexity index is 145. The SMILES string of the molecule is C[S+](C)n1ccnc1. The lowest BCUT2D eigenvalue weighted by Crippen LogP contribution is -2.05. The van der Waals surface area contributed by atoms with Gasteiger partial charge in [0.2, 0.25) is 0 Å². The van der Waals surface area contributed by atoms with E-state index in [0.29, 0.717) is 11.1 Å². The van der Waals surface area contributed by atoms with Crippen LogP contribution in [0.2, 0.25) is 0 Å². The van der Waals surface area contributed by atoms with Crippen LogP contribution in [0.5, 0.6) is 0 Å². The zero-order chi connectivity index (χ0) is 5.98. The Labute approximate surface area is 52.0 Å². The van der Waals surface area contributed by atoms with Gasteiger partial charge < -0.3 is 0 Å². The van der Waals surface area contributed by atoms with Gasteiger partial charge in [0.25, 0.3) is 0 Å². The summed E-state index contributed by atoms with van der Waals surface area (Å²) in [4.78, 5) is 3.91. The molecule has 0 N–H and O–H groups in total. The molecule has 8 heavy (non-hydrogen) atoms. The number of nitrogens with zero attached hydrogens (tertiary/aromatic N) is 2. The maximum atomic E-state index is 3.91. The van der Waals surface area contributed by atoms with Gasteiger partial charge in [-0.3, -0.25) is 0 Å². The van der Waals surface area contributed by atoms with Gasteiger partial charge in [-0.1, -0.05) is 0 Å². The van der Waals surface area contributed by atoms with Crippen LogP contribution in [0.25, 0.3) is 0 Å². The van der Waals surface area contributed by atoms with Crippen molar-refractivity contribution < 1.29 is 0 Å². The third-order valence-electron chi connectivity index (χ3n) is 0.902.